The zero-order valence-corrected chi connectivity index (χ0v) is 15.1. The van der Waals surface area contributed by atoms with Gasteiger partial charge in [-0.25, -0.2) is 0 Å². The van der Waals surface area contributed by atoms with Gasteiger partial charge in [0.25, 0.3) is 5.91 Å². The summed E-state index contributed by atoms with van der Waals surface area (Å²) < 4.78 is 42.6. The fourth-order valence-corrected chi connectivity index (χ4v) is 3.10. The molecule has 1 heterocycles. The molecular weight excluding hydrogens is 401 g/mol. The third-order valence-electron chi connectivity index (χ3n) is 4.13. The molecule has 148 valence electrons. The number of carbonyl (C=O) groups excluding carboxylic acids is 1. The number of nitrogens with one attached hydrogen (secondary N) is 2. The normalized spacial score (nSPS) is 14.1. The van der Waals surface area contributed by atoms with E-state index in [1.54, 1.807) is 0 Å². The Morgan fingerprint density at radius 1 is 1.18 bits per heavy atom. The lowest BCUT2D eigenvalue weighted by molar-refractivity contribution is -0.274. The summed E-state index contributed by atoms with van der Waals surface area (Å²) in [6.07, 6.45) is -5.38. The lowest BCUT2D eigenvalue weighted by Crippen LogP contribution is -2.19. The number of hydrogen-bond donors (Lipinski definition) is 3. The largest absolute Gasteiger partial charge is 0.573 e. The molecule has 0 radical (unpaired) electrons. The van der Waals surface area contributed by atoms with Gasteiger partial charge in [-0.05, 0) is 30.2 Å². The Labute approximate surface area is 162 Å². The highest BCUT2D eigenvalue weighted by molar-refractivity contribution is 6.31. The van der Waals surface area contributed by atoms with Crippen molar-refractivity contribution in [3.8, 4) is 5.75 Å². The summed E-state index contributed by atoms with van der Waals surface area (Å²) in [7, 11) is 0. The van der Waals surface area contributed by atoms with E-state index in [9.17, 15) is 22.8 Å². The molecule has 28 heavy (non-hydrogen) atoms. The number of anilines is 3. The van der Waals surface area contributed by atoms with E-state index in [1.165, 1.54) is 31.2 Å². The maximum absolute atomic E-state index is 12.8. The number of alkyl halides is 3. The predicted molar refractivity (Wildman–Crippen MR) is 96.5 cm³/mol. The number of benzene rings is 2. The number of aliphatic carboxylic acids is 1. The lowest BCUT2D eigenvalue weighted by atomic mass is 9.95. The van der Waals surface area contributed by atoms with Gasteiger partial charge in [0.05, 0.1) is 29.0 Å². The number of carbonyl (C=O) groups is 2. The molecule has 1 atom stereocenters. The molecule has 0 saturated carbocycles. The Kier molecular flexibility index (Phi) is 5.12. The van der Waals surface area contributed by atoms with Gasteiger partial charge < -0.3 is 20.5 Å². The van der Waals surface area contributed by atoms with Crippen LogP contribution in [0.1, 0.15) is 35.2 Å². The van der Waals surface area contributed by atoms with E-state index in [-0.39, 0.29) is 22.5 Å². The number of ether oxygens (including phenoxy) is 1. The van der Waals surface area contributed by atoms with Gasteiger partial charge in [0.1, 0.15) is 5.75 Å². The van der Waals surface area contributed by atoms with Crippen LogP contribution < -0.4 is 15.4 Å². The standard InChI is InChI=1S/C18H14ClF3N2O4/c1-8(4-16(25)26)11-6-13-14(7-15(11)28-18(20,21)22)24-17(27)10-3-2-9(19)5-12(10)23-13/h2-3,5-8,23H,4H2,1H3,(H,24,27)(H,25,26). The summed E-state index contributed by atoms with van der Waals surface area (Å²) in [5, 5.41) is 14.8. The van der Waals surface area contributed by atoms with Crippen LogP contribution in [0.5, 0.6) is 5.75 Å². The van der Waals surface area contributed by atoms with Crippen molar-refractivity contribution in [2.24, 2.45) is 0 Å². The van der Waals surface area contributed by atoms with E-state index in [0.29, 0.717) is 10.7 Å². The van der Waals surface area contributed by atoms with Gasteiger partial charge >= 0.3 is 12.3 Å². The van der Waals surface area contributed by atoms with Gasteiger partial charge in [-0.2, -0.15) is 0 Å². The van der Waals surface area contributed by atoms with Gasteiger partial charge in [0.2, 0.25) is 0 Å². The first-order chi connectivity index (χ1) is 13.0. The van der Waals surface area contributed by atoms with E-state index < -0.39 is 36.3 Å². The molecule has 6 nitrogen and oxygen atoms in total. The number of amides is 1. The SMILES string of the molecule is CC(CC(=O)O)c1cc2c(cc1OC(F)(F)F)NC(=O)c1ccc(Cl)cc1N2. The molecule has 3 rings (SSSR count). The van der Waals surface area contributed by atoms with Crippen molar-refractivity contribution >= 4 is 40.5 Å². The van der Waals surface area contributed by atoms with Crippen molar-refractivity contribution in [2.75, 3.05) is 10.6 Å². The summed E-state index contributed by atoms with van der Waals surface area (Å²) in [6, 6.07) is 6.85. The summed E-state index contributed by atoms with van der Waals surface area (Å²) >= 11 is 5.96. The van der Waals surface area contributed by atoms with Gasteiger partial charge in [-0.1, -0.05) is 18.5 Å². The highest BCUT2D eigenvalue weighted by atomic mass is 35.5. The Morgan fingerprint density at radius 2 is 1.86 bits per heavy atom. The number of carboxylic acids is 1. The topological polar surface area (TPSA) is 87.7 Å². The highest BCUT2D eigenvalue weighted by Crippen LogP contribution is 2.42. The van der Waals surface area contributed by atoms with E-state index in [4.69, 9.17) is 16.7 Å². The van der Waals surface area contributed by atoms with Crippen molar-refractivity contribution in [1.29, 1.82) is 0 Å². The molecule has 2 aromatic carbocycles. The molecule has 1 amide bonds. The van der Waals surface area contributed by atoms with E-state index in [0.717, 1.165) is 6.07 Å². The number of rotatable bonds is 4. The molecular formula is C18H14ClF3N2O4. The smallest absolute Gasteiger partial charge is 0.481 e. The second-order valence-electron chi connectivity index (χ2n) is 6.25. The minimum Gasteiger partial charge on any atom is -0.481 e. The number of hydrogen-bond acceptors (Lipinski definition) is 4. The van der Waals surface area contributed by atoms with Crippen LogP contribution in [0.2, 0.25) is 5.02 Å². The maximum Gasteiger partial charge on any atom is 0.573 e. The minimum atomic E-state index is -4.98. The van der Waals surface area contributed by atoms with E-state index >= 15 is 0 Å². The molecule has 10 heteroatoms. The van der Waals surface area contributed by atoms with Gasteiger partial charge in [0, 0.05) is 16.7 Å². The fraction of sp³-hybridized carbons (Fsp3) is 0.222. The maximum atomic E-state index is 12.8. The molecule has 3 N–H and O–H groups in total. The molecule has 1 aliphatic rings. The van der Waals surface area contributed by atoms with Gasteiger partial charge in [-0.3, -0.25) is 9.59 Å². The molecule has 2 aromatic rings. The summed E-state index contributed by atoms with van der Waals surface area (Å²) in [5.41, 5.74) is 0.994. The van der Waals surface area contributed by atoms with E-state index in [2.05, 4.69) is 15.4 Å². The second kappa shape index (κ2) is 7.23. The summed E-state index contributed by atoms with van der Waals surface area (Å²) in [5.74, 6) is -3.06. The predicted octanol–water partition coefficient (Wildman–Crippen LogP) is 5.13. The van der Waals surface area contributed by atoms with Crippen LogP contribution in [0.4, 0.5) is 30.2 Å². The molecule has 0 fully saturated rings. The van der Waals surface area contributed by atoms with Crippen molar-refractivity contribution in [2.45, 2.75) is 25.6 Å². The zero-order chi connectivity index (χ0) is 20.6. The van der Waals surface area contributed by atoms with E-state index in [1.807, 2.05) is 0 Å². The van der Waals surface area contributed by atoms with Crippen molar-refractivity contribution in [3.05, 3.63) is 46.5 Å². The molecule has 1 unspecified atom stereocenters. The first-order valence-corrected chi connectivity index (χ1v) is 8.44. The Bertz CT molecular complexity index is 963. The van der Waals surface area contributed by atoms with Gasteiger partial charge in [0.15, 0.2) is 0 Å². The van der Waals surface area contributed by atoms with Crippen LogP contribution in [0.15, 0.2) is 30.3 Å². The highest BCUT2D eigenvalue weighted by Gasteiger charge is 2.34. The van der Waals surface area contributed by atoms with Crippen LogP contribution in [0, 0.1) is 0 Å². The van der Waals surface area contributed by atoms with Gasteiger partial charge in [-0.15, -0.1) is 13.2 Å². The molecule has 0 saturated heterocycles. The Balaban J connectivity index is 2.12. The average molecular weight is 415 g/mol. The average Bonchev–Trinajstić information content (AvgIpc) is 2.67. The van der Waals surface area contributed by atoms with Crippen molar-refractivity contribution < 1.29 is 32.6 Å². The number of halogens is 4. The zero-order valence-electron chi connectivity index (χ0n) is 14.4. The molecule has 0 spiro atoms. The van der Waals surface area contributed by atoms with Crippen LogP contribution in [-0.2, 0) is 4.79 Å². The Morgan fingerprint density at radius 3 is 2.50 bits per heavy atom. The Hall–Kier alpha value is -2.94. The molecule has 1 aliphatic heterocycles. The molecule has 0 aromatic heterocycles. The summed E-state index contributed by atoms with van der Waals surface area (Å²) in [6.45, 7) is 1.47. The van der Waals surface area contributed by atoms with Crippen LogP contribution in [0.3, 0.4) is 0 Å². The second-order valence-corrected chi connectivity index (χ2v) is 6.69. The van der Waals surface area contributed by atoms with Crippen LogP contribution in [0.25, 0.3) is 0 Å². The molecule has 0 bridgehead atoms. The third kappa shape index (κ3) is 4.30. The van der Waals surface area contributed by atoms with Crippen LogP contribution in [-0.4, -0.2) is 23.3 Å². The fourth-order valence-electron chi connectivity index (χ4n) is 2.93. The van der Waals surface area contributed by atoms with Crippen molar-refractivity contribution in [1.82, 2.24) is 0 Å². The minimum absolute atomic E-state index is 0.0331. The van der Waals surface area contributed by atoms with Crippen LogP contribution >= 0.6 is 11.6 Å². The number of carboxylic acid groups (broad SMARTS) is 1. The monoisotopic (exact) mass is 414 g/mol. The first kappa shape index (κ1) is 19.8. The quantitative estimate of drug-likeness (QED) is 0.645. The lowest BCUT2D eigenvalue weighted by Gasteiger charge is -2.20. The van der Waals surface area contributed by atoms with Crippen molar-refractivity contribution in [3.63, 3.8) is 0 Å². The molecule has 0 aliphatic carbocycles. The number of fused-ring (bicyclic) bond motifs is 2. The summed E-state index contributed by atoms with van der Waals surface area (Å²) in [4.78, 5) is 23.4. The first-order valence-electron chi connectivity index (χ1n) is 8.07. The third-order valence-corrected chi connectivity index (χ3v) is 4.37.